The van der Waals surface area contributed by atoms with E-state index in [1.165, 1.54) is 24.5 Å². The van der Waals surface area contributed by atoms with Crippen LogP contribution in [0.4, 0.5) is 14.6 Å². The summed E-state index contributed by atoms with van der Waals surface area (Å²) in [7, 11) is 0. The third kappa shape index (κ3) is 4.90. The molecule has 7 rings (SSSR count). The Hall–Kier alpha value is -3.38. The van der Waals surface area contributed by atoms with Crippen molar-refractivity contribution in [3.8, 4) is 11.5 Å². The fourth-order valence-corrected chi connectivity index (χ4v) is 7.13. The van der Waals surface area contributed by atoms with Gasteiger partial charge in [0.15, 0.2) is 11.6 Å². The Morgan fingerprint density at radius 3 is 2.56 bits per heavy atom. The fraction of sp³-hybridized carbons (Fsp3) is 0.586. The molecule has 10 nitrogen and oxygen atoms in total. The van der Waals surface area contributed by atoms with E-state index in [0.29, 0.717) is 37.9 Å². The molecule has 0 radical (unpaired) electrons. The molecule has 6 heterocycles. The lowest BCUT2D eigenvalue weighted by molar-refractivity contribution is -0.135. The first-order chi connectivity index (χ1) is 19.9. The van der Waals surface area contributed by atoms with Crippen molar-refractivity contribution in [3.05, 3.63) is 42.1 Å². The first-order valence-electron chi connectivity index (χ1n) is 14.5. The number of anilines is 1. The van der Waals surface area contributed by atoms with Gasteiger partial charge in [-0.05, 0) is 43.9 Å². The number of halogens is 2. The molecule has 218 valence electrons. The van der Waals surface area contributed by atoms with Crippen LogP contribution in [0.25, 0.3) is 0 Å². The first-order valence-corrected chi connectivity index (χ1v) is 14.5. The highest BCUT2D eigenvalue weighted by molar-refractivity contribution is 5.97. The van der Waals surface area contributed by atoms with Gasteiger partial charge in [0, 0.05) is 44.6 Å². The standard InChI is InChI=1S/C29H34F2N6O4/c30-18-1-4-24(22(9-18)27(38)37-20-2-3-21(37)14-40-13-20)41-25-12-32-17-34-26(25)36-15-29(16-36)5-7-35(8-6-29)28(39)23-10-19(31)11-33-23/h1,4,9,12,17,19-21,23,33H,2-3,5-8,10-11,13-16H2/t19-,20?,21?,23+/m1/s1. The monoisotopic (exact) mass is 568 g/mol. The number of nitrogens with one attached hydrogen (secondary N) is 1. The van der Waals surface area contributed by atoms with Crippen LogP contribution < -0.4 is 15.0 Å². The molecular formula is C29H34F2N6O4. The number of benzene rings is 1. The van der Waals surface area contributed by atoms with Gasteiger partial charge >= 0.3 is 0 Å². The van der Waals surface area contributed by atoms with Crippen LogP contribution in [0.3, 0.4) is 0 Å². The Morgan fingerprint density at radius 1 is 1.10 bits per heavy atom. The Balaban J connectivity index is 1.03. The molecule has 5 aliphatic heterocycles. The van der Waals surface area contributed by atoms with Crippen molar-refractivity contribution in [1.29, 1.82) is 0 Å². The molecule has 4 atom stereocenters. The van der Waals surface area contributed by atoms with E-state index in [0.717, 1.165) is 38.8 Å². The molecule has 1 aromatic heterocycles. The number of hydrogen-bond donors (Lipinski definition) is 1. The van der Waals surface area contributed by atoms with Gasteiger partial charge in [-0.15, -0.1) is 0 Å². The lowest BCUT2D eigenvalue weighted by Gasteiger charge is -2.54. The zero-order valence-electron chi connectivity index (χ0n) is 22.8. The van der Waals surface area contributed by atoms with Crippen LogP contribution in [0.15, 0.2) is 30.7 Å². The highest BCUT2D eigenvalue weighted by Gasteiger charge is 2.48. The summed E-state index contributed by atoms with van der Waals surface area (Å²) in [5.74, 6) is 0.506. The predicted molar refractivity (Wildman–Crippen MR) is 144 cm³/mol. The Bertz CT molecular complexity index is 1310. The summed E-state index contributed by atoms with van der Waals surface area (Å²) in [5, 5.41) is 2.99. The number of hydrogen-bond acceptors (Lipinski definition) is 8. The summed E-state index contributed by atoms with van der Waals surface area (Å²) in [6.45, 7) is 4.03. The third-order valence-electron chi connectivity index (χ3n) is 9.39. The number of piperidine rings is 1. The zero-order chi connectivity index (χ0) is 28.1. The normalized spacial score (nSPS) is 28.6. The topological polar surface area (TPSA) is 100 Å². The largest absolute Gasteiger partial charge is 0.451 e. The molecule has 1 spiro atoms. The van der Waals surface area contributed by atoms with E-state index < -0.39 is 18.0 Å². The van der Waals surface area contributed by atoms with Crippen LogP contribution in [0.2, 0.25) is 0 Å². The van der Waals surface area contributed by atoms with E-state index in [1.807, 2.05) is 9.80 Å². The number of nitrogens with zero attached hydrogens (tertiary/aromatic N) is 5. The number of amides is 2. The molecular weight excluding hydrogens is 534 g/mol. The molecule has 2 aromatic rings. The number of carbonyl (C=O) groups is 2. The first kappa shape index (κ1) is 26.5. The van der Waals surface area contributed by atoms with Gasteiger partial charge in [0.05, 0.1) is 43.1 Å². The lowest BCUT2D eigenvalue weighted by Crippen LogP contribution is -2.62. The van der Waals surface area contributed by atoms with Crippen molar-refractivity contribution in [3.63, 3.8) is 0 Å². The van der Waals surface area contributed by atoms with Gasteiger partial charge in [0.25, 0.3) is 5.91 Å². The molecule has 2 amide bonds. The van der Waals surface area contributed by atoms with Gasteiger partial charge in [-0.1, -0.05) is 0 Å². The minimum Gasteiger partial charge on any atom is -0.451 e. The minimum atomic E-state index is -0.955. The maximum absolute atomic E-state index is 14.4. The van der Waals surface area contributed by atoms with Gasteiger partial charge in [-0.25, -0.2) is 18.7 Å². The van der Waals surface area contributed by atoms with Gasteiger partial charge in [0.2, 0.25) is 5.91 Å². The number of fused-ring (bicyclic) bond motifs is 2. The maximum Gasteiger partial charge on any atom is 0.258 e. The second kappa shape index (κ2) is 10.5. The highest BCUT2D eigenvalue weighted by Crippen LogP contribution is 2.45. The number of likely N-dealkylation sites (tertiary alicyclic amines) is 1. The van der Waals surface area contributed by atoms with Crippen LogP contribution >= 0.6 is 0 Å². The van der Waals surface area contributed by atoms with Crippen molar-refractivity contribution in [1.82, 2.24) is 25.1 Å². The number of morpholine rings is 1. The predicted octanol–water partition coefficient (Wildman–Crippen LogP) is 2.54. The molecule has 1 aromatic carbocycles. The Kier molecular flexibility index (Phi) is 6.77. The van der Waals surface area contributed by atoms with Crippen molar-refractivity contribution in [2.75, 3.05) is 50.8 Å². The summed E-state index contributed by atoms with van der Waals surface area (Å²) in [6.07, 6.45) is 5.79. The number of aromatic nitrogens is 2. The van der Waals surface area contributed by atoms with E-state index in [2.05, 4.69) is 20.2 Å². The smallest absolute Gasteiger partial charge is 0.258 e. The van der Waals surface area contributed by atoms with E-state index in [4.69, 9.17) is 9.47 Å². The second-order valence-corrected chi connectivity index (χ2v) is 12.1. The minimum absolute atomic E-state index is 0.00241. The highest BCUT2D eigenvalue weighted by atomic mass is 19.1. The molecule has 12 heteroatoms. The van der Waals surface area contributed by atoms with E-state index >= 15 is 0 Å². The van der Waals surface area contributed by atoms with Gasteiger partial charge in [-0.3, -0.25) is 9.59 Å². The summed E-state index contributed by atoms with van der Waals surface area (Å²) in [4.78, 5) is 40.9. The van der Waals surface area contributed by atoms with Crippen molar-refractivity contribution in [2.24, 2.45) is 5.41 Å². The number of carbonyl (C=O) groups excluding carboxylic acids is 2. The van der Waals surface area contributed by atoms with Crippen LogP contribution in [0, 0.1) is 11.2 Å². The fourth-order valence-electron chi connectivity index (χ4n) is 7.13. The number of ether oxygens (including phenoxy) is 2. The van der Waals surface area contributed by atoms with Crippen LogP contribution in [0.5, 0.6) is 11.5 Å². The molecule has 2 unspecified atom stereocenters. The van der Waals surface area contributed by atoms with Crippen LogP contribution in [-0.2, 0) is 9.53 Å². The van der Waals surface area contributed by atoms with Crippen molar-refractivity contribution >= 4 is 17.6 Å². The molecule has 2 bridgehead atoms. The maximum atomic E-state index is 14.4. The van der Waals surface area contributed by atoms with Crippen LogP contribution in [0.1, 0.15) is 42.5 Å². The molecule has 0 aliphatic carbocycles. The average Bonchev–Trinajstić information content (AvgIpc) is 3.51. The molecule has 0 saturated carbocycles. The third-order valence-corrected chi connectivity index (χ3v) is 9.39. The zero-order valence-corrected chi connectivity index (χ0v) is 22.8. The Morgan fingerprint density at radius 2 is 1.85 bits per heavy atom. The lowest BCUT2D eigenvalue weighted by atomic mass is 9.72. The average molecular weight is 569 g/mol. The Labute approximate surface area is 237 Å². The summed E-state index contributed by atoms with van der Waals surface area (Å²) >= 11 is 0. The summed E-state index contributed by atoms with van der Waals surface area (Å²) < 4.78 is 39.8. The summed E-state index contributed by atoms with van der Waals surface area (Å²) in [5.41, 5.74) is 0.240. The number of rotatable bonds is 5. The molecule has 41 heavy (non-hydrogen) atoms. The quantitative estimate of drug-likeness (QED) is 0.588. The molecule has 5 aliphatic rings. The molecule has 5 fully saturated rings. The van der Waals surface area contributed by atoms with Crippen LogP contribution in [-0.4, -0.2) is 102 Å². The number of alkyl halides is 1. The van der Waals surface area contributed by atoms with Gasteiger partial charge in [-0.2, -0.15) is 0 Å². The van der Waals surface area contributed by atoms with Gasteiger partial charge < -0.3 is 29.5 Å². The summed E-state index contributed by atoms with van der Waals surface area (Å²) in [6, 6.07) is 3.56. The SMILES string of the molecule is O=C([C@@H]1C[C@@H](F)CN1)N1CCC2(CC1)CN(c1ncncc1Oc1ccc(F)cc1C(=O)N1C3CCC1COC3)C2. The van der Waals surface area contributed by atoms with Crippen molar-refractivity contribution in [2.45, 2.75) is 56.4 Å². The van der Waals surface area contributed by atoms with Crippen molar-refractivity contribution < 1.29 is 27.8 Å². The molecule has 1 N–H and O–H groups in total. The molecule has 5 saturated heterocycles. The van der Waals surface area contributed by atoms with E-state index in [-0.39, 0.29) is 53.6 Å². The van der Waals surface area contributed by atoms with E-state index in [1.54, 1.807) is 6.20 Å². The van der Waals surface area contributed by atoms with Gasteiger partial charge in [0.1, 0.15) is 24.1 Å². The second-order valence-electron chi connectivity index (χ2n) is 12.1. The van der Waals surface area contributed by atoms with E-state index in [9.17, 15) is 18.4 Å².